The van der Waals surface area contributed by atoms with Gasteiger partial charge in [-0.25, -0.2) is 15.0 Å². The van der Waals surface area contributed by atoms with Crippen molar-refractivity contribution < 1.29 is 4.74 Å². The van der Waals surface area contributed by atoms with Crippen LogP contribution in [0.25, 0.3) is 11.1 Å². The summed E-state index contributed by atoms with van der Waals surface area (Å²) in [6.07, 6.45) is 4.99. The van der Waals surface area contributed by atoms with Gasteiger partial charge in [0.05, 0.1) is 13.1 Å². The van der Waals surface area contributed by atoms with Gasteiger partial charge in [-0.2, -0.15) is 0 Å². The van der Waals surface area contributed by atoms with E-state index >= 15 is 0 Å². The van der Waals surface area contributed by atoms with Crippen LogP contribution in [0.1, 0.15) is 42.9 Å². The van der Waals surface area contributed by atoms with Crippen LogP contribution in [0.2, 0.25) is 0 Å². The van der Waals surface area contributed by atoms with Crippen molar-refractivity contribution in [1.82, 2.24) is 19.9 Å². The highest BCUT2D eigenvalue weighted by Gasteiger charge is 2.31. The molecule has 0 spiro atoms. The van der Waals surface area contributed by atoms with Gasteiger partial charge in [-0.3, -0.25) is 0 Å². The first-order valence-electron chi connectivity index (χ1n) is 12.0. The number of nitrogens with two attached hydrogens (primary N) is 1. The topological polar surface area (TPSA) is 80.4 Å². The molecular weight excluding hydrogens is 424 g/mol. The molecule has 7 heteroatoms. The normalized spacial score (nSPS) is 17.0. The molecule has 34 heavy (non-hydrogen) atoms. The first-order valence-corrected chi connectivity index (χ1v) is 12.0. The molecule has 2 aromatic heterocycles. The van der Waals surface area contributed by atoms with E-state index < -0.39 is 0 Å². The molecule has 0 bridgehead atoms. The fourth-order valence-corrected chi connectivity index (χ4v) is 4.92. The van der Waals surface area contributed by atoms with Crippen molar-refractivity contribution in [3.8, 4) is 16.9 Å². The van der Waals surface area contributed by atoms with Gasteiger partial charge >= 0.3 is 0 Å². The Morgan fingerprint density at radius 1 is 1.12 bits per heavy atom. The van der Waals surface area contributed by atoms with Gasteiger partial charge in [-0.1, -0.05) is 19.9 Å². The van der Waals surface area contributed by atoms with E-state index in [4.69, 9.17) is 20.4 Å². The number of aryl methyl sites for hydroxylation is 1. The lowest BCUT2D eigenvalue weighted by Crippen LogP contribution is -2.32. The molecule has 0 amide bonds. The predicted molar refractivity (Wildman–Crippen MR) is 136 cm³/mol. The second-order valence-electron chi connectivity index (χ2n) is 10.5. The van der Waals surface area contributed by atoms with Gasteiger partial charge < -0.3 is 20.3 Å². The largest absolute Gasteiger partial charge is 0.491 e. The third-order valence-electron chi connectivity index (χ3n) is 6.73. The summed E-state index contributed by atoms with van der Waals surface area (Å²) in [5, 5.41) is 0. The molecule has 1 aliphatic heterocycles. The molecule has 2 N–H and O–H groups in total. The van der Waals surface area contributed by atoms with Crippen LogP contribution < -0.4 is 15.4 Å². The molecule has 3 aromatic rings. The van der Waals surface area contributed by atoms with Crippen molar-refractivity contribution in [2.45, 2.75) is 46.2 Å². The van der Waals surface area contributed by atoms with E-state index in [0.29, 0.717) is 12.4 Å². The Hall–Kier alpha value is -3.19. The highest BCUT2D eigenvalue weighted by Crippen LogP contribution is 2.39. The second kappa shape index (κ2) is 8.87. The Morgan fingerprint density at radius 2 is 1.94 bits per heavy atom. The van der Waals surface area contributed by atoms with Crippen molar-refractivity contribution in [3.05, 3.63) is 59.2 Å². The number of hydrogen-bond donors (Lipinski definition) is 1. The molecule has 1 aromatic carbocycles. The molecule has 0 saturated carbocycles. The van der Waals surface area contributed by atoms with Crippen LogP contribution in [-0.4, -0.2) is 47.1 Å². The summed E-state index contributed by atoms with van der Waals surface area (Å²) in [7, 11) is 4.13. The minimum absolute atomic E-state index is 0.254. The first-order chi connectivity index (χ1) is 16.3. The van der Waals surface area contributed by atoms with Crippen molar-refractivity contribution in [1.29, 1.82) is 0 Å². The lowest BCUT2D eigenvalue weighted by atomic mass is 9.76. The number of rotatable bonds is 4. The van der Waals surface area contributed by atoms with Gasteiger partial charge in [-0.15, -0.1) is 0 Å². The monoisotopic (exact) mass is 458 g/mol. The number of nitrogens with zero attached hydrogens (tertiary/aromatic N) is 5. The summed E-state index contributed by atoms with van der Waals surface area (Å²) in [6, 6.07) is 10.2. The third-order valence-corrected chi connectivity index (χ3v) is 6.73. The molecular formula is C27H34N6O. The SMILES string of the molecule is CN(C)Cc1nc2c(c(N3CCOc4ccc(-c5ccc(N)nc5)cc4C3)n1)CC(C)(C)CC2. The zero-order valence-corrected chi connectivity index (χ0v) is 20.6. The number of aromatic nitrogens is 3. The maximum absolute atomic E-state index is 6.16. The van der Waals surface area contributed by atoms with Gasteiger partial charge in [0, 0.05) is 35.1 Å². The standard InChI is InChI=1S/C27H34N6O/c1-27(2)10-9-22-21(14-27)26(31-25(30-22)17-32(3)4)33-11-12-34-23-7-5-18(13-20(23)16-33)19-6-8-24(28)29-15-19/h5-8,13,15H,9-12,14,16-17H2,1-4H3,(H2,28,29). The van der Waals surface area contributed by atoms with Crippen LogP contribution in [0.4, 0.5) is 11.6 Å². The maximum atomic E-state index is 6.16. The Kier molecular flexibility index (Phi) is 5.90. The van der Waals surface area contributed by atoms with Gasteiger partial charge in [0.25, 0.3) is 0 Å². The predicted octanol–water partition coefficient (Wildman–Crippen LogP) is 4.10. The molecule has 0 radical (unpaired) electrons. The van der Waals surface area contributed by atoms with Crippen LogP contribution in [0, 0.1) is 5.41 Å². The zero-order valence-electron chi connectivity index (χ0n) is 20.6. The van der Waals surface area contributed by atoms with E-state index in [1.54, 1.807) is 0 Å². The van der Waals surface area contributed by atoms with E-state index in [-0.39, 0.29) is 5.41 Å². The summed E-state index contributed by atoms with van der Waals surface area (Å²) in [6.45, 7) is 7.60. The zero-order chi connectivity index (χ0) is 23.9. The Balaban J connectivity index is 1.53. The van der Waals surface area contributed by atoms with E-state index in [9.17, 15) is 0 Å². The Morgan fingerprint density at radius 3 is 2.71 bits per heavy atom. The molecule has 0 atom stereocenters. The second-order valence-corrected chi connectivity index (χ2v) is 10.5. The van der Waals surface area contributed by atoms with Crippen molar-refractivity contribution in [3.63, 3.8) is 0 Å². The molecule has 1 aliphatic carbocycles. The lowest BCUT2D eigenvalue weighted by molar-refractivity contribution is 0.308. The van der Waals surface area contributed by atoms with Gasteiger partial charge in [-0.05, 0) is 68.6 Å². The van der Waals surface area contributed by atoms with Crippen LogP contribution in [0.15, 0.2) is 36.5 Å². The summed E-state index contributed by atoms with van der Waals surface area (Å²) >= 11 is 0. The minimum atomic E-state index is 0.254. The van der Waals surface area contributed by atoms with Crippen molar-refractivity contribution >= 4 is 11.6 Å². The number of pyridine rings is 1. The maximum Gasteiger partial charge on any atom is 0.144 e. The van der Waals surface area contributed by atoms with Crippen LogP contribution >= 0.6 is 0 Å². The summed E-state index contributed by atoms with van der Waals surface area (Å²) in [4.78, 5) is 18.9. The van der Waals surface area contributed by atoms with Gasteiger partial charge in [0.1, 0.15) is 29.8 Å². The van der Waals surface area contributed by atoms with E-state index in [1.165, 1.54) is 11.3 Å². The van der Waals surface area contributed by atoms with Crippen LogP contribution in [-0.2, 0) is 25.9 Å². The molecule has 0 unspecified atom stereocenters. The van der Waals surface area contributed by atoms with Crippen molar-refractivity contribution in [2.24, 2.45) is 5.41 Å². The minimum Gasteiger partial charge on any atom is -0.491 e. The molecule has 0 saturated heterocycles. The molecule has 5 rings (SSSR count). The number of ether oxygens (including phenoxy) is 1. The fraction of sp³-hybridized carbons (Fsp3) is 0.444. The average molecular weight is 459 g/mol. The molecule has 0 fully saturated rings. The summed E-state index contributed by atoms with van der Waals surface area (Å²) in [5.74, 6) is 3.43. The number of anilines is 2. The Bertz CT molecular complexity index is 1190. The fourth-order valence-electron chi connectivity index (χ4n) is 4.92. The third kappa shape index (κ3) is 4.71. The number of hydrogen-bond acceptors (Lipinski definition) is 7. The van der Waals surface area contributed by atoms with E-state index in [0.717, 1.165) is 73.0 Å². The summed E-state index contributed by atoms with van der Waals surface area (Å²) < 4.78 is 6.16. The molecule has 2 aliphatic rings. The van der Waals surface area contributed by atoms with Crippen LogP contribution in [0.3, 0.4) is 0 Å². The molecule has 7 nitrogen and oxygen atoms in total. The lowest BCUT2D eigenvalue weighted by Gasteiger charge is -2.34. The van der Waals surface area contributed by atoms with Gasteiger partial charge in [0.2, 0.25) is 0 Å². The first kappa shape index (κ1) is 22.6. The highest BCUT2D eigenvalue weighted by molar-refractivity contribution is 5.66. The van der Waals surface area contributed by atoms with Crippen LogP contribution in [0.5, 0.6) is 5.75 Å². The molecule has 3 heterocycles. The van der Waals surface area contributed by atoms with Crippen molar-refractivity contribution in [2.75, 3.05) is 37.9 Å². The number of fused-ring (bicyclic) bond motifs is 2. The van der Waals surface area contributed by atoms with E-state index in [1.807, 2.05) is 18.3 Å². The quantitative estimate of drug-likeness (QED) is 0.630. The average Bonchev–Trinajstić information content (AvgIpc) is 3.00. The Labute approximate surface area is 202 Å². The number of nitrogen functional groups attached to an aromatic ring is 1. The van der Waals surface area contributed by atoms with Gasteiger partial charge in [0.15, 0.2) is 0 Å². The number of benzene rings is 1. The smallest absolute Gasteiger partial charge is 0.144 e. The molecule has 178 valence electrons. The van der Waals surface area contributed by atoms with E-state index in [2.05, 4.69) is 60.9 Å². The summed E-state index contributed by atoms with van der Waals surface area (Å²) in [5.41, 5.74) is 11.9. The highest BCUT2D eigenvalue weighted by atomic mass is 16.5.